The van der Waals surface area contributed by atoms with Gasteiger partial charge in [0.25, 0.3) is 5.91 Å². The van der Waals surface area contributed by atoms with E-state index in [4.69, 9.17) is 9.47 Å². The molecule has 21 heavy (non-hydrogen) atoms. The number of amides is 1. The zero-order valence-electron chi connectivity index (χ0n) is 11.6. The lowest BCUT2D eigenvalue weighted by molar-refractivity contribution is 0.0301. The first-order valence-electron chi connectivity index (χ1n) is 6.89. The molecule has 0 atom stereocenters. The van der Waals surface area contributed by atoms with E-state index in [1.807, 2.05) is 30.3 Å². The number of nitrogens with zero attached hydrogens (tertiary/aromatic N) is 2. The Hall–Kier alpha value is -2.40. The molecular weight excluding hydrogens is 268 g/mol. The van der Waals surface area contributed by atoms with E-state index >= 15 is 0 Å². The summed E-state index contributed by atoms with van der Waals surface area (Å²) in [4.78, 5) is 18.5. The van der Waals surface area contributed by atoms with E-state index in [9.17, 15) is 4.79 Å². The zero-order chi connectivity index (χ0) is 14.5. The van der Waals surface area contributed by atoms with Gasteiger partial charge in [-0.05, 0) is 24.3 Å². The highest BCUT2D eigenvalue weighted by Gasteiger charge is 2.22. The molecule has 3 rings (SSSR count). The summed E-state index contributed by atoms with van der Waals surface area (Å²) >= 11 is 0. The second kappa shape index (κ2) is 6.37. The Morgan fingerprint density at radius 3 is 2.62 bits per heavy atom. The summed E-state index contributed by atoms with van der Waals surface area (Å²) in [6.07, 6.45) is 1.62. The van der Waals surface area contributed by atoms with Gasteiger partial charge in [-0.1, -0.05) is 18.2 Å². The molecular formula is C16H16N2O3. The van der Waals surface area contributed by atoms with Crippen LogP contribution >= 0.6 is 0 Å². The first-order chi connectivity index (χ1) is 10.3. The number of morpholine rings is 1. The molecule has 2 aromatic rings. The van der Waals surface area contributed by atoms with Crippen molar-refractivity contribution in [3.63, 3.8) is 0 Å². The minimum absolute atomic E-state index is 0.0719. The van der Waals surface area contributed by atoms with Crippen molar-refractivity contribution in [1.29, 1.82) is 0 Å². The Morgan fingerprint density at radius 1 is 1.10 bits per heavy atom. The fourth-order valence-corrected chi connectivity index (χ4v) is 2.17. The fourth-order valence-electron chi connectivity index (χ4n) is 2.17. The summed E-state index contributed by atoms with van der Waals surface area (Å²) in [6, 6.07) is 12.8. The van der Waals surface area contributed by atoms with Crippen molar-refractivity contribution >= 4 is 5.91 Å². The van der Waals surface area contributed by atoms with Crippen molar-refractivity contribution in [3.05, 3.63) is 54.2 Å². The molecule has 0 unspecified atom stereocenters. The normalized spacial score (nSPS) is 14.8. The fraction of sp³-hybridized carbons (Fsp3) is 0.250. The van der Waals surface area contributed by atoms with Crippen LogP contribution in [0.2, 0.25) is 0 Å². The standard InChI is InChI=1S/C16H16N2O3/c19-16(18-9-11-20-12-10-18)14-7-4-8-17-15(14)21-13-5-2-1-3-6-13/h1-8H,9-12H2. The van der Waals surface area contributed by atoms with E-state index in [1.54, 1.807) is 23.2 Å². The monoisotopic (exact) mass is 284 g/mol. The van der Waals surface area contributed by atoms with Gasteiger partial charge in [0.15, 0.2) is 0 Å². The van der Waals surface area contributed by atoms with Gasteiger partial charge in [-0.25, -0.2) is 4.98 Å². The molecule has 1 aromatic carbocycles. The van der Waals surface area contributed by atoms with Gasteiger partial charge in [-0.15, -0.1) is 0 Å². The van der Waals surface area contributed by atoms with Crippen molar-refractivity contribution < 1.29 is 14.3 Å². The number of aromatic nitrogens is 1. The number of rotatable bonds is 3. The molecule has 0 bridgehead atoms. The van der Waals surface area contributed by atoms with Gasteiger partial charge in [-0.2, -0.15) is 0 Å². The van der Waals surface area contributed by atoms with E-state index in [-0.39, 0.29) is 5.91 Å². The molecule has 5 nitrogen and oxygen atoms in total. The third kappa shape index (κ3) is 3.20. The predicted octanol–water partition coefficient (Wildman–Crippen LogP) is 2.35. The van der Waals surface area contributed by atoms with Crippen LogP contribution in [0.4, 0.5) is 0 Å². The number of benzene rings is 1. The van der Waals surface area contributed by atoms with E-state index in [2.05, 4.69) is 4.98 Å². The second-order valence-electron chi connectivity index (χ2n) is 4.68. The van der Waals surface area contributed by atoms with E-state index in [0.29, 0.717) is 43.5 Å². The lowest BCUT2D eigenvalue weighted by Crippen LogP contribution is -2.40. The number of pyridine rings is 1. The van der Waals surface area contributed by atoms with Gasteiger partial charge in [-0.3, -0.25) is 4.79 Å². The first kappa shape index (κ1) is 13.6. The van der Waals surface area contributed by atoms with Crippen LogP contribution in [0.1, 0.15) is 10.4 Å². The molecule has 1 fully saturated rings. The topological polar surface area (TPSA) is 51.7 Å². The van der Waals surface area contributed by atoms with Crippen LogP contribution in [-0.2, 0) is 4.74 Å². The minimum Gasteiger partial charge on any atom is -0.438 e. The Bertz CT molecular complexity index is 610. The van der Waals surface area contributed by atoms with Gasteiger partial charge in [0.1, 0.15) is 11.3 Å². The molecule has 0 N–H and O–H groups in total. The number of carbonyl (C=O) groups excluding carboxylic acids is 1. The summed E-state index contributed by atoms with van der Waals surface area (Å²) in [5, 5.41) is 0. The summed E-state index contributed by atoms with van der Waals surface area (Å²) in [5.74, 6) is 0.921. The number of hydrogen-bond acceptors (Lipinski definition) is 4. The SMILES string of the molecule is O=C(c1cccnc1Oc1ccccc1)N1CCOCC1. The first-order valence-corrected chi connectivity index (χ1v) is 6.89. The number of hydrogen-bond donors (Lipinski definition) is 0. The van der Waals surface area contributed by atoms with Gasteiger partial charge in [0.05, 0.1) is 13.2 Å². The van der Waals surface area contributed by atoms with Crippen LogP contribution in [0.5, 0.6) is 11.6 Å². The van der Waals surface area contributed by atoms with Crippen molar-refractivity contribution in [2.24, 2.45) is 0 Å². The number of para-hydroxylation sites is 1. The minimum atomic E-state index is -0.0719. The third-order valence-electron chi connectivity index (χ3n) is 3.26. The molecule has 1 aromatic heterocycles. The summed E-state index contributed by atoms with van der Waals surface area (Å²) in [7, 11) is 0. The molecule has 1 aliphatic heterocycles. The second-order valence-corrected chi connectivity index (χ2v) is 4.68. The molecule has 1 aliphatic rings. The maximum atomic E-state index is 12.6. The lowest BCUT2D eigenvalue weighted by Gasteiger charge is -2.27. The third-order valence-corrected chi connectivity index (χ3v) is 3.26. The molecule has 2 heterocycles. The van der Waals surface area contributed by atoms with Crippen LogP contribution in [0.15, 0.2) is 48.7 Å². The van der Waals surface area contributed by atoms with Crippen LogP contribution in [0.25, 0.3) is 0 Å². The van der Waals surface area contributed by atoms with Gasteiger partial charge in [0, 0.05) is 19.3 Å². The van der Waals surface area contributed by atoms with E-state index in [0.717, 1.165) is 0 Å². The Morgan fingerprint density at radius 2 is 1.86 bits per heavy atom. The highest BCUT2D eigenvalue weighted by Crippen LogP contribution is 2.23. The average molecular weight is 284 g/mol. The van der Waals surface area contributed by atoms with Crippen molar-refractivity contribution in [3.8, 4) is 11.6 Å². The summed E-state index contributed by atoms with van der Waals surface area (Å²) in [6.45, 7) is 2.33. The lowest BCUT2D eigenvalue weighted by atomic mass is 10.2. The Balaban J connectivity index is 1.83. The van der Waals surface area contributed by atoms with E-state index in [1.165, 1.54) is 0 Å². The van der Waals surface area contributed by atoms with Crippen molar-refractivity contribution in [2.75, 3.05) is 26.3 Å². The molecule has 0 aliphatic carbocycles. The van der Waals surface area contributed by atoms with Crippen molar-refractivity contribution in [2.45, 2.75) is 0 Å². The summed E-state index contributed by atoms with van der Waals surface area (Å²) in [5.41, 5.74) is 0.475. The Labute approximate surface area is 123 Å². The van der Waals surface area contributed by atoms with Gasteiger partial charge in [0.2, 0.25) is 5.88 Å². The maximum absolute atomic E-state index is 12.6. The smallest absolute Gasteiger partial charge is 0.259 e. The van der Waals surface area contributed by atoms with Crippen LogP contribution in [-0.4, -0.2) is 42.1 Å². The summed E-state index contributed by atoms with van der Waals surface area (Å²) < 4.78 is 11.0. The van der Waals surface area contributed by atoms with Crippen LogP contribution in [0.3, 0.4) is 0 Å². The average Bonchev–Trinajstić information content (AvgIpc) is 2.56. The highest BCUT2D eigenvalue weighted by atomic mass is 16.5. The van der Waals surface area contributed by atoms with Gasteiger partial charge < -0.3 is 14.4 Å². The van der Waals surface area contributed by atoms with E-state index < -0.39 is 0 Å². The number of carbonyl (C=O) groups is 1. The molecule has 108 valence electrons. The quantitative estimate of drug-likeness (QED) is 0.868. The Kier molecular flexibility index (Phi) is 4.12. The maximum Gasteiger partial charge on any atom is 0.259 e. The molecule has 1 saturated heterocycles. The van der Waals surface area contributed by atoms with Crippen LogP contribution < -0.4 is 4.74 Å². The number of ether oxygens (including phenoxy) is 2. The molecule has 1 amide bonds. The largest absolute Gasteiger partial charge is 0.438 e. The molecule has 0 spiro atoms. The highest BCUT2D eigenvalue weighted by molar-refractivity contribution is 5.96. The molecule has 0 saturated carbocycles. The molecule has 0 radical (unpaired) electrons. The molecule has 5 heteroatoms. The van der Waals surface area contributed by atoms with Crippen molar-refractivity contribution in [1.82, 2.24) is 9.88 Å². The zero-order valence-corrected chi connectivity index (χ0v) is 11.6. The predicted molar refractivity (Wildman–Crippen MR) is 77.5 cm³/mol. The van der Waals surface area contributed by atoms with Gasteiger partial charge >= 0.3 is 0 Å². The van der Waals surface area contributed by atoms with Crippen LogP contribution in [0, 0.1) is 0 Å².